The van der Waals surface area contributed by atoms with E-state index in [-0.39, 0.29) is 24.3 Å². The molecule has 0 radical (unpaired) electrons. The number of hydrogen-bond acceptors (Lipinski definition) is 4. The van der Waals surface area contributed by atoms with Gasteiger partial charge in [-0.25, -0.2) is 4.79 Å². The van der Waals surface area contributed by atoms with E-state index >= 15 is 0 Å². The Morgan fingerprint density at radius 2 is 2.00 bits per heavy atom. The van der Waals surface area contributed by atoms with Gasteiger partial charge in [0.1, 0.15) is 11.5 Å². The summed E-state index contributed by atoms with van der Waals surface area (Å²) in [5.74, 6) is 1.73. The van der Waals surface area contributed by atoms with Gasteiger partial charge in [-0.1, -0.05) is 0 Å². The Kier molecular flexibility index (Phi) is 6.29. The zero-order valence-corrected chi connectivity index (χ0v) is 15.8. The van der Waals surface area contributed by atoms with Gasteiger partial charge in [0.2, 0.25) is 0 Å². The minimum absolute atomic E-state index is 0.0601. The number of nitrogens with one attached hydrogen (secondary N) is 1. The Morgan fingerprint density at radius 1 is 1.38 bits per heavy atom. The maximum Gasteiger partial charge on any atom is 0.317 e. The van der Waals surface area contributed by atoms with E-state index in [0.717, 1.165) is 36.7 Å². The summed E-state index contributed by atoms with van der Waals surface area (Å²) < 4.78 is 11.3. The average molecular weight is 337 g/mol. The van der Waals surface area contributed by atoms with Crippen LogP contribution in [0.1, 0.15) is 43.9 Å². The Hall–Kier alpha value is -1.53. The van der Waals surface area contributed by atoms with Crippen LogP contribution in [0.5, 0.6) is 0 Å². The Bertz CT molecular complexity index is 548. The number of amides is 2. The molecular formula is C18H31N3O3. The molecule has 2 rings (SSSR count). The van der Waals surface area contributed by atoms with Gasteiger partial charge in [-0.3, -0.25) is 4.90 Å². The summed E-state index contributed by atoms with van der Waals surface area (Å²) in [5.41, 5.74) is 1.03. The van der Waals surface area contributed by atoms with Crippen LogP contribution in [-0.2, 0) is 4.74 Å². The van der Waals surface area contributed by atoms with Gasteiger partial charge in [-0.15, -0.1) is 0 Å². The maximum absolute atomic E-state index is 12.4. The van der Waals surface area contributed by atoms with Crippen LogP contribution in [0.2, 0.25) is 0 Å². The summed E-state index contributed by atoms with van der Waals surface area (Å²) in [7, 11) is 1.84. The summed E-state index contributed by atoms with van der Waals surface area (Å²) in [4.78, 5) is 16.5. The predicted octanol–water partition coefficient (Wildman–Crippen LogP) is 2.71. The predicted molar refractivity (Wildman–Crippen MR) is 94.2 cm³/mol. The molecule has 1 aromatic heterocycles. The normalized spacial score (nSPS) is 23.1. The molecule has 6 heteroatoms. The van der Waals surface area contributed by atoms with E-state index in [1.807, 2.05) is 33.9 Å². The summed E-state index contributed by atoms with van der Waals surface area (Å²) in [6.45, 7) is 13.4. The van der Waals surface area contributed by atoms with Gasteiger partial charge in [0.15, 0.2) is 0 Å². The van der Waals surface area contributed by atoms with Gasteiger partial charge >= 0.3 is 6.03 Å². The molecule has 0 aliphatic carbocycles. The van der Waals surface area contributed by atoms with E-state index in [1.165, 1.54) is 0 Å². The van der Waals surface area contributed by atoms with Crippen LogP contribution in [0, 0.1) is 13.8 Å². The molecule has 0 spiro atoms. The molecule has 2 heterocycles. The summed E-state index contributed by atoms with van der Waals surface area (Å²) in [6, 6.07) is 1.85. The van der Waals surface area contributed by atoms with E-state index in [1.54, 1.807) is 4.90 Å². The molecule has 3 atom stereocenters. The SMILES string of the molecule is Cc1cc([C@@H](C)NC(=O)N(C)CCN2C[C@@H](C)O[C@@H](C)C2)c(C)o1. The van der Waals surface area contributed by atoms with E-state index in [9.17, 15) is 4.79 Å². The van der Waals surface area contributed by atoms with Crippen LogP contribution < -0.4 is 5.32 Å². The van der Waals surface area contributed by atoms with E-state index in [4.69, 9.17) is 9.15 Å². The fraction of sp³-hybridized carbons (Fsp3) is 0.722. The fourth-order valence-electron chi connectivity index (χ4n) is 3.31. The van der Waals surface area contributed by atoms with Crippen molar-refractivity contribution in [3.63, 3.8) is 0 Å². The number of carbonyl (C=O) groups is 1. The van der Waals surface area contributed by atoms with Crippen LogP contribution in [-0.4, -0.2) is 61.3 Å². The standard InChI is InChI=1S/C18H31N3O3/c1-12-9-17(16(5)24-12)15(4)19-18(22)20(6)7-8-21-10-13(2)23-14(3)11-21/h9,13-15H,7-8,10-11H2,1-6H3,(H,19,22)/t13-,14+,15-/m1/s1. The maximum atomic E-state index is 12.4. The molecule has 6 nitrogen and oxygen atoms in total. The van der Waals surface area contributed by atoms with Crippen molar-refractivity contribution < 1.29 is 13.9 Å². The van der Waals surface area contributed by atoms with E-state index in [2.05, 4.69) is 24.1 Å². The first-order chi connectivity index (χ1) is 11.3. The van der Waals surface area contributed by atoms with E-state index < -0.39 is 0 Å². The van der Waals surface area contributed by atoms with E-state index in [0.29, 0.717) is 6.54 Å². The number of urea groups is 1. The zero-order valence-electron chi connectivity index (χ0n) is 15.8. The molecule has 24 heavy (non-hydrogen) atoms. The van der Waals surface area contributed by atoms with Gasteiger partial charge in [0.05, 0.1) is 18.2 Å². The van der Waals surface area contributed by atoms with Crippen LogP contribution in [0.25, 0.3) is 0 Å². The van der Waals surface area contributed by atoms with Crippen molar-refractivity contribution in [1.82, 2.24) is 15.1 Å². The van der Waals surface area contributed by atoms with Gasteiger partial charge in [-0.05, 0) is 40.7 Å². The summed E-state index contributed by atoms with van der Waals surface area (Å²) in [5, 5.41) is 3.04. The number of rotatable bonds is 5. The Balaban J connectivity index is 1.80. The number of furan rings is 1. The molecule has 136 valence electrons. The smallest absolute Gasteiger partial charge is 0.317 e. The number of morpholine rings is 1. The number of aryl methyl sites for hydroxylation is 2. The monoisotopic (exact) mass is 337 g/mol. The molecule has 0 aromatic carbocycles. The van der Waals surface area contributed by atoms with Crippen molar-refractivity contribution in [3.05, 3.63) is 23.2 Å². The molecule has 1 aromatic rings. The quantitative estimate of drug-likeness (QED) is 0.897. The van der Waals surface area contributed by atoms with Crippen molar-refractivity contribution in [2.45, 2.75) is 52.9 Å². The second-order valence-corrected chi connectivity index (χ2v) is 6.98. The Labute approximate surface area is 145 Å². The molecule has 0 unspecified atom stereocenters. The number of nitrogens with zero attached hydrogens (tertiary/aromatic N) is 2. The highest BCUT2D eigenvalue weighted by Crippen LogP contribution is 2.21. The Morgan fingerprint density at radius 3 is 2.54 bits per heavy atom. The van der Waals surface area contributed by atoms with Gasteiger partial charge < -0.3 is 19.4 Å². The van der Waals surface area contributed by atoms with Gasteiger partial charge in [-0.2, -0.15) is 0 Å². The van der Waals surface area contributed by atoms with Crippen molar-refractivity contribution in [3.8, 4) is 0 Å². The molecule has 1 saturated heterocycles. The van der Waals surface area contributed by atoms with Crippen molar-refractivity contribution in [2.75, 3.05) is 33.2 Å². The lowest BCUT2D eigenvalue weighted by atomic mass is 10.1. The van der Waals surface area contributed by atoms with Gasteiger partial charge in [0.25, 0.3) is 0 Å². The molecule has 2 amide bonds. The lowest BCUT2D eigenvalue weighted by Gasteiger charge is -2.36. The van der Waals surface area contributed by atoms with Crippen molar-refractivity contribution >= 4 is 6.03 Å². The minimum atomic E-state index is -0.0687. The van der Waals surface area contributed by atoms with Crippen LogP contribution in [0.15, 0.2) is 10.5 Å². The van der Waals surface area contributed by atoms with Crippen LogP contribution in [0.4, 0.5) is 4.79 Å². The molecule has 0 saturated carbocycles. The summed E-state index contributed by atoms with van der Waals surface area (Å²) in [6.07, 6.45) is 0.500. The number of carbonyl (C=O) groups excluding carboxylic acids is 1. The molecule has 0 bridgehead atoms. The highest BCUT2D eigenvalue weighted by Gasteiger charge is 2.23. The molecule has 1 N–H and O–H groups in total. The third-order valence-corrected chi connectivity index (χ3v) is 4.48. The van der Waals surface area contributed by atoms with Crippen molar-refractivity contribution in [2.24, 2.45) is 0 Å². The largest absolute Gasteiger partial charge is 0.466 e. The fourth-order valence-corrected chi connectivity index (χ4v) is 3.31. The van der Waals surface area contributed by atoms with Crippen molar-refractivity contribution in [1.29, 1.82) is 0 Å². The first-order valence-electron chi connectivity index (χ1n) is 8.72. The third-order valence-electron chi connectivity index (χ3n) is 4.48. The third kappa shape index (κ3) is 4.98. The minimum Gasteiger partial charge on any atom is -0.466 e. The summed E-state index contributed by atoms with van der Waals surface area (Å²) >= 11 is 0. The van der Waals surface area contributed by atoms with Gasteiger partial charge in [0, 0.05) is 38.8 Å². The zero-order chi connectivity index (χ0) is 17.9. The molecular weight excluding hydrogens is 306 g/mol. The highest BCUT2D eigenvalue weighted by atomic mass is 16.5. The topological polar surface area (TPSA) is 58.0 Å². The molecule has 1 aliphatic heterocycles. The highest BCUT2D eigenvalue weighted by molar-refractivity contribution is 5.74. The second kappa shape index (κ2) is 8.03. The lowest BCUT2D eigenvalue weighted by molar-refractivity contribution is -0.0684. The average Bonchev–Trinajstić information content (AvgIpc) is 2.82. The first kappa shape index (κ1) is 18.8. The number of likely N-dealkylation sites (N-methyl/N-ethyl adjacent to an activating group) is 1. The lowest BCUT2D eigenvalue weighted by Crippen LogP contribution is -2.49. The number of ether oxygens (including phenoxy) is 1. The first-order valence-corrected chi connectivity index (χ1v) is 8.72. The number of hydrogen-bond donors (Lipinski definition) is 1. The molecule has 1 aliphatic rings. The van der Waals surface area contributed by atoms with Crippen LogP contribution >= 0.6 is 0 Å². The molecule has 1 fully saturated rings. The van der Waals surface area contributed by atoms with Crippen LogP contribution in [0.3, 0.4) is 0 Å². The second-order valence-electron chi connectivity index (χ2n) is 6.98.